The smallest absolute Gasteiger partial charge is 0.220 e. The summed E-state index contributed by atoms with van der Waals surface area (Å²) in [6.45, 7) is 0.899. The Bertz CT molecular complexity index is 241. The minimum atomic E-state index is 0.280. The molecule has 2 nitrogen and oxygen atoms in total. The molecule has 2 aliphatic rings. The van der Waals surface area contributed by atoms with Gasteiger partial charge in [-0.2, -0.15) is 0 Å². The van der Waals surface area contributed by atoms with Crippen LogP contribution in [0.5, 0.6) is 0 Å². The molecule has 0 aromatic carbocycles. The fourth-order valence-electron chi connectivity index (χ4n) is 3.29. The second kappa shape index (κ2) is 7.81. The number of carbonyl (C=O) groups is 1. The van der Waals surface area contributed by atoms with Crippen LogP contribution < -0.4 is 5.32 Å². The van der Waals surface area contributed by atoms with E-state index in [1.54, 1.807) is 0 Å². The minimum absolute atomic E-state index is 0.280. The van der Waals surface area contributed by atoms with Gasteiger partial charge in [0.1, 0.15) is 0 Å². The van der Waals surface area contributed by atoms with Crippen molar-refractivity contribution in [3.05, 3.63) is 0 Å². The highest BCUT2D eigenvalue weighted by molar-refractivity contribution is 5.75. The highest BCUT2D eigenvalue weighted by atomic mass is 16.1. The van der Waals surface area contributed by atoms with Crippen LogP contribution in [0.1, 0.15) is 77.0 Å². The van der Waals surface area contributed by atoms with Gasteiger partial charge in [-0.15, -0.1) is 0 Å². The first-order valence-electron chi connectivity index (χ1n) is 8.11. The van der Waals surface area contributed by atoms with E-state index >= 15 is 0 Å². The Morgan fingerprint density at radius 3 is 2.22 bits per heavy atom. The van der Waals surface area contributed by atoms with Crippen LogP contribution in [0.4, 0.5) is 0 Å². The Balaban J connectivity index is 1.38. The van der Waals surface area contributed by atoms with Crippen LogP contribution in [0.25, 0.3) is 0 Å². The summed E-state index contributed by atoms with van der Waals surface area (Å²) < 4.78 is 0. The standard InChI is InChI=1S/C16H29NO/c18-16(12-11-15-9-5-10-15)17-13-4-3-8-14-6-1-2-7-14/h14-15H,1-13H2,(H,17,18). The van der Waals surface area contributed by atoms with E-state index in [9.17, 15) is 4.79 Å². The van der Waals surface area contributed by atoms with Crippen molar-refractivity contribution in [3.8, 4) is 0 Å². The summed E-state index contributed by atoms with van der Waals surface area (Å²) in [6, 6.07) is 0. The van der Waals surface area contributed by atoms with E-state index in [0.717, 1.165) is 31.2 Å². The monoisotopic (exact) mass is 251 g/mol. The van der Waals surface area contributed by atoms with E-state index in [2.05, 4.69) is 5.32 Å². The quantitative estimate of drug-likeness (QED) is 0.648. The summed E-state index contributed by atoms with van der Waals surface area (Å²) in [4.78, 5) is 11.6. The summed E-state index contributed by atoms with van der Waals surface area (Å²) in [5, 5.41) is 3.07. The van der Waals surface area contributed by atoms with Crippen molar-refractivity contribution >= 4 is 5.91 Å². The molecule has 2 aliphatic carbocycles. The summed E-state index contributed by atoms with van der Waals surface area (Å²) >= 11 is 0. The number of hydrogen-bond donors (Lipinski definition) is 1. The first kappa shape index (κ1) is 13.9. The van der Waals surface area contributed by atoms with E-state index < -0.39 is 0 Å². The largest absolute Gasteiger partial charge is 0.356 e. The molecule has 0 spiro atoms. The van der Waals surface area contributed by atoms with Crippen LogP contribution in [0, 0.1) is 11.8 Å². The number of amides is 1. The maximum Gasteiger partial charge on any atom is 0.220 e. The SMILES string of the molecule is O=C(CCC1CCC1)NCCCCC1CCCC1. The number of nitrogens with one attached hydrogen (secondary N) is 1. The molecule has 0 unspecified atom stereocenters. The molecule has 0 heterocycles. The average Bonchev–Trinajstić information content (AvgIpc) is 2.79. The Labute approximate surface area is 112 Å². The molecule has 0 aromatic rings. The van der Waals surface area contributed by atoms with Gasteiger partial charge in [-0.05, 0) is 24.7 Å². The van der Waals surface area contributed by atoms with E-state index in [1.165, 1.54) is 64.2 Å². The molecule has 18 heavy (non-hydrogen) atoms. The van der Waals surface area contributed by atoms with Crippen LogP contribution in [-0.4, -0.2) is 12.5 Å². The summed E-state index contributed by atoms with van der Waals surface area (Å²) in [5.41, 5.74) is 0. The van der Waals surface area contributed by atoms with Crippen LogP contribution >= 0.6 is 0 Å². The molecule has 1 amide bonds. The van der Waals surface area contributed by atoms with Crippen molar-refractivity contribution in [1.29, 1.82) is 0 Å². The summed E-state index contributed by atoms with van der Waals surface area (Å²) in [5.74, 6) is 2.14. The van der Waals surface area contributed by atoms with Crippen molar-refractivity contribution < 1.29 is 4.79 Å². The Hall–Kier alpha value is -0.530. The lowest BCUT2D eigenvalue weighted by Crippen LogP contribution is -2.25. The molecule has 104 valence electrons. The topological polar surface area (TPSA) is 29.1 Å². The fourth-order valence-corrected chi connectivity index (χ4v) is 3.29. The predicted octanol–water partition coefficient (Wildman–Crippen LogP) is 4.04. The van der Waals surface area contributed by atoms with Gasteiger partial charge in [0.2, 0.25) is 5.91 Å². The summed E-state index contributed by atoms with van der Waals surface area (Å²) in [7, 11) is 0. The third-order valence-corrected chi connectivity index (χ3v) is 4.84. The molecule has 2 fully saturated rings. The average molecular weight is 251 g/mol. The zero-order valence-electron chi connectivity index (χ0n) is 11.8. The minimum Gasteiger partial charge on any atom is -0.356 e. The van der Waals surface area contributed by atoms with Gasteiger partial charge >= 0.3 is 0 Å². The van der Waals surface area contributed by atoms with Crippen molar-refractivity contribution in [2.24, 2.45) is 11.8 Å². The molecule has 0 bridgehead atoms. The van der Waals surface area contributed by atoms with Gasteiger partial charge in [0, 0.05) is 13.0 Å². The molecule has 1 N–H and O–H groups in total. The number of rotatable bonds is 8. The molecule has 0 aliphatic heterocycles. The lowest BCUT2D eigenvalue weighted by molar-refractivity contribution is -0.121. The molecule has 2 heteroatoms. The second-order valence-electron chi connectivity index (χ2n) is 6.33. The zero-order chi connectivity index (χ0) is 12.6. The molecule has 2 rings (SSSR count). The Kier molecular flexibility index (Phi) is 6.02. The Morgan fingerprint density at radius 1 is 0.889 bits per heavy atom. The maximum atomic E-state index is 11.6. The highest BCUT2D eigenvalue weighted by Crippen LogP contribution is 2.30. The lowest BCUT2D eigenvalue weighted by Gasteiger charge is -2.24. The van der Waals surface area contributed by atoms with Crippen LogP contribution in [0.3, 0.4) is 0 Å². The van der Waals surface area contributed by atoms with E-state index in [4.69, 9.17) is 0 Å². The molecule has 0 atom stereocenters. The molecule has 0 radical (unpaired) electrons. The van der Waals surface area contributed by atoms with Gasteiger partial charge in [-0.3, -0.25) is 4.79 Å². The lowest BCUT2D eigenvalue weighted by atomic mass is 9.82. The second-order valence-corrected chi connectivity index (χ2v) is 6.33. The molecule has 0 saturated heterocycles. The normalized spacial score (nSPS) is 20.9. The third kappa shape index (κ3) is 4.99. The van der Waals surface area contributed by atoms with Crippen molar-refractivity contribution in [1.82, 2.24) is 5.32 Å². The first-order chi connectivity index (χ1) is 8.84. The fraction of sp³-hybridized carbons (Fsp3) is 0.938. The van der Waals surface area contributed by atoms with Crippen molar-refractivity contribution in [2.45, 2.75) is 77.0 Å². The zero-order valence-corrected chi connectivity index (χ0v) is 11.8. The molecule has 0 aromatic heterocycles. The first-order valence-corrected chi connectivity index (χ1v) is 8.11. The van der Waals surface area contributed by atoms with E-state index in [-0.39, 0.29) is 5.91 Å². The molecular formula is C16H29NO. The van der Waals surface area contributed by atoms with Crippen LogP contribution in [0.15, 0.2) is 0 Å². The predicted molar refractivity (Wildman–Crippen MR) is 75.4 cm³/mol. The summed E-state index contributed by atoms with van der Waals surface area (Å²) in [6.07, 6.45) is 15.6. The van der Waals surface area contributed by atoms with Crippen LogP contribution in [-0.2, 0) is 4.79 Å². The van der Waals surface area contributed by atoms with Gasteiger partial charge < -0.3 is 5.32 Å². The van der Waals surface area contributed by atoms with Gasteiger partial charge in [-0.1, -0.05) is 57.8 Å². The number of carbonyl (C=O) groups excluding carboxylic acids is 1. The van der Waals surface area contributed by atoms with E-state index in [0.29, 0.717) is 0 Å². The van der Waals surface area contributed by atoms with Crippen molar-refractivity contribution in [2.75, 3.05) is 6.54 Å². The van der Waals surface area contributed by atoms with Crippen molar-refractivity contribution in [3.63, 3.8) is 0 Å². The molecular weight excluding hydrogens is 222 g/mol. The van der Waals surface area contributed by atoms with Gasteiger partial charge in [-0.25, -0.2) is 0 Å². The van der Waals surface area contributed by atoms with Crippen LogP contribution in [0.2, 0.25) is 0 Å². The number of hydrogen-bond acceptors (Lipinski definition) is 1. The van der Waals surface area contributed by atoms with Gasteiger partial charge in [0.15, 0.2) is 0 Å². The molecule has 2 saturated carbocycles. The Morgan fingerprint density at radius 2 is 1.56 bits per heavy atom. The van der Waals surface area contributed by atoms with E-state index in [1.807, 2.05) is 0 Å². The highest BCUT2D eigenvalue weighted by Gasteiger charge is 2.18. The van der Waals surface area contributed by atoms with Gasteiger partial charge in [0.25, 0.3) is 0 Å². The third-order valence-electron chi connectivity index (χ3n) is 4.84. The number of unbranched alkanes of at least 4 members (excludes halogenated alkanes) is 1. The maximum absolute atomic E-state index is 11.6. The van der Waals surface area contributed by atoms with Gasteiger partial charge in [0.05, 0.1) is 0 Å².